The minimum absolute atomic E-state index is 0.189. The van der Waals surface area contributed by atoms with Crippen molar-refractivity contribution in [3.05, 3.63) is 36.0 Å². The quantitative estimate of drug-likeness (QED) is 0.607. The number of fused-ring (bicyclic) bond motifs is 1. The van der Waals surface area contributed by atoms with Crippen LogP contribution in [0.1, 0.15) is 33.6 Å². The van der Waals surface area contributed by atoms with E-state index in [-0.39, 0.29) is 5.41 Å². The maximum Gasteiger partial charge on any atom is 0.328 e. The number of carbonyl (C=O) groups is 1. The van der Waals surface area contributed by atoms with E-state index in [0.29, 0.717) is 17.8 Å². The van der Waals surface area contributed by atoms with Gasteiger partial charge in [-0.3, -0.25) is 0 Å². The van der Waals surface area contributed by atoms with E-state index in [0.717, 1.165) is 18.4 Å². The fourth-order valence-electron chi connectivity index (χ4n) is 3.36. The highest BCUT2D eigenvalue weighted by Gasteiger charge is 2.42. The molecule has 0 aromatic heterocycles. The van der Waals surface area contributed by atoms with Crippen molar-refractivity contribution in [2.75, 3.05) is 0 Å². The van der Waals surface area contributed by atoms with Gasteiger partial charge in [0.1, 0.15) is 0 Å². The molecule has 18 heavy (non-hydrogen) atoms. The van der Waals surface area contributed by atoms with Crippen molar-refractivity contribution in [2.45, 2.75) is 33.6 Å². The summed E-state index contributed by atoms with van der Waals surface area (Å²) in [6.07, 6.45) is 7.78. The fraction of sp³-hybridized carbons (Fsp3) is 0.562. The van der Waals surface area contributed by atoms with Crippen LogP contribution in [0, 0.1) is 23.2 Å². The van der Waals surface area contributed by atoms with Crippen LogP contribution < -0.4 is 0 Å². The summed E-state index contributed by atoms with van der Waals surface area (Å²) in [7, 11) is 0. The summed E-state index contributed by atoms with van der Waals surface area (Å²) in [5.41, 5.74) is 2.72. The van der Waals surface area contributed by atoms with Crippen LogP contribution >= 0.6 is 0 Å². The van der Waals surface area contributed by atoms with Gasteiger partial charge in [-0.05, 0) is 24.2 Å². The predicted octanol–water partition coefficient (Wildman–Crippen LogP) is 3.81. The van der Waals surface area contributed by atoms with Gasteiger partial charge in [0.2, 0.25) is 0 Å². The van der Waals surface area contributed by atoms with Gasteiger partial charge >= 0.3 is 5.97 Å². The third-order valence-corrected chi connectivity index (χ3v) is 4.20. The molecule has 0 aliphatic heterocycles. The fourth-order valence-corrected chi connectivity index (χ4v) is 3.36. The van der Waals surface area contributed by atoms with Crippen LogP contribution in [0.4, 0.5) is 0 Å². The lowest BCUT2D eigenvalue weighted by Gasteiger charge is -2.34. The first-order chi connectivity index (χ1) is 8.32. The molecule has 2 nitrogen and oxygen atoms in total. The normalized spacial score (nSPS) is 30.4. The number of hydrogen-bond acceptors (Lipinski definition) is 1. The van der Waals surface area contributed by atoms with Crippen molar-refractivity contribution in [3.8, 4) is 0 Å². The van der Waals surface area contributed by atoms with Gasteiger partial charge in [-0.15, -0.1) is 6.58 Å². The summed E-state index contributed by atoms with van der Waals surface area (Å²) in [6, 6.07) is 0. The number of carboxylic acids is 1. The van der Waals surface area contributed by atoms with E-state index in [4.69, 9.17) is 5.11 Å². The Morgan fingerprint density at radius 3 is 2.67 bits per heavy atom. The molecule has 0 aromatic rings. The largest absolute Gasteiger partial charge is 0.478 e. The molecule has 2 unspecified atom stereocenters. The second kappa shape index (κ2) is 4.42. The molecule has 0 bridgehead atoms. The molecule has 0 spiro atoms. The Balaban J connectivity index is 2.17. The molecule has 0 aromatic carbocycles. The average Bonchev–Trinajstić information content (AvgIpc) is 2.52. The first kappa shape index (κ1) is 13.1. The van der Waals surface area contributed by atoms with Gasteiger partial charge in [-0.25, -0.2) is 4.79 Å². The Bertz CT molecular complexity index is 435. The van der Waals surface area contributed by atoms with Crippen LogP contribution in [0.15, 0.2) is 36.0 Å². The topological polar surface area (TPSA) is 37.3 Å². The number of aliphatic carboxylic acids is 1. The summed E-state index contributed by atoms with van der Waals surface area (Å²) in [5, 5.41) is 8.81. The van der Waals surface area contributed by atoms with Gasteiger partial charge in [0, 0.05) is 17.9 Å². The van der Waals surface area contributed by atoms with E-state index in [2.05, 4.69) is 33.4 Å². The van der Waals surface area contributed by atoms with Crippen LogP contribution in [0.2, 0.25) is 0 Å². The zero-order chi connectivity index (χ0) is 13.5. The molecular weight excluding hydrogens is 224 g/mol. The Hall–Kier alpha value is -1.31. The molecule has 1 fully saturated rings. The Labute approximate surface area is 109 Å². The maximum atomic E-state index is 10.7. The maximum absolute atomic E-state index is 10.7. The Morgan fingerprint density at radius 2 is 2.17 bits per heavy atom. The molecule has 1 N–H and O–H groups in total. The highest BCUT2D eigenvalue weighted by Crippen LogP contribution is 2.52. The van der Waals surface area contributed by atoms with Gasteiger partial charge < -0.3 is 5.11 Å². The Morgan fingerprint density at radius 1 is 1.50 bits per heavy atom. The standard InChI is InChI=1S/C16H22O2/c1-5-14(16(2,3)4)12-7-10-6-11(9-15(17)18)13(10)8-12/h5,8-10,13-14H,1,6-7H2,2-4H3,(H,17,18)/t10?,13-,14?/m0/s1. The number of carboxylic acid groups (broad SMARTS) is 1. The van der Waals surface area contributed by atoms with Crippen molar-refractivity contribution in [3.63, 3.8) is 0 Å². The monoisotopic (exact) mass is 246 g/mol. The first-order valence-corrected chi connectivity index (χ1v) is 6.59. The molecule has 2 heteroatoms. The SMILES string of the molecule is C=CC(C1=C[C@@H]2C(=CC(=O)O)CC2C1)C(C)(C)C. The van der Waals surface area contributed by atoms with Gasteiger partial charge in [-0.2, -0.15) is 0 Å². The molecule has 2 rings (SSSR count). The summed E-state index contributed by atoms with van der Waals surface area (Å²) < 4.78 is 0. The lowest BCUT2D eigenvalue weighted by atomic mass is 9.70. The summed E-state index contributed by atoms with van der Waals surface area (Å²) >= 11 is 0. The molecule has 2 aliphatic rings. The predicted molar refractivity (Wildman–Crippen MR) is 73.2 cm³/mol. The molecule has 0 heterocycles. The van der Waals surface area contributed by atoms with E-state index in [1.54, 1.807) is 0 Å². The molecule has 2 aliphatic carbocycles. The number of hydrogen-bond donors (Lipinski definition) is 1. The van der Waals surface area contributed by atoms with Crippen LogP contribution in [0.25, 0.3) is 0 Å². The van der Waals surface area contributed by atoms with E-state index in [1.165, 1.54) is 11.6 Å². The highest BCUT2D eigenvalue weighted by atomic mass is 16.4. The van der Waals surface area contributed by atoms with Gasteiger partial charge in [-0.1, -0.05) is 44.1 Å². The van der Waals surface area contributed by atoms with Crippen molar-refractivity contribution in [1.29, 1.82) is 0 Å². The van der Waals surface area contributed by atoms with E-state index in [9.17, 15) is 4.79 Å². The molecule has 3 atom stereocenters. The van der Waals surface area contributed by atoms with E-state index >= 15 is 0 Å². The second-order valence-corrected chi connectivity index (χ2v) is 6.57. The first-order valence-electron chi connectivity index (χ1n) is 6.59. The lowest BCUT2D eigenvalue weighted by molar-refractivity contribution is -0.131. The van der Waals surface area contributed by atoms with Crippen molar-refractivity contribution in [2.24, 2.45) is 23.2 Å². The van der Waals surface area contributed by atoms with E-state index < -0.39 is 5.97 Å². The molecule has 0 amide bonds. The lowest BCUT2D eigenvalue weighted by Crippen LogP contribution is -2.25. The van der Waals surface area contributed by atoms with Crippen LogP contribution in [0.5, 0.6) is 0 Å². The van der Waals surface area contributed by atoms with Gasteiger partial charge in [0.25, 0.3) is 0 Å². The Kier molecular flexibility index (Phi) is 3.22. The molecule has 0 radical (unpaired) electrons. The smallest absolute Gasteiger partial charge is 0.328 e. The third kappa shape index (κ3) is 2.29. The molecule has 1 saturated carbocycles. The highest BCUT2D eigenvalue weighted by molar-refractivity contribution is 5.81. The zero-order valence-electron chi connectivity index (χ0n) is 11.4. The van der Waals surface area contributed by atoms with Crippen LogP contribution in [-0.4, -0.2) is 11.1 Å². The van der Waals surface area contributed by atoms with Crippen LogP contribution in [-0.2, 0) is 4.79 Å². The molecule has 0 saturated heterocycles. The summed E-state index contributed by atoms with van der Waals surface area (Å²) in [4.78, 5) is 10.7. The second-order valence-electron chi connectivity index (χ2n) is 6.57. The van der Waals surface area contributed by atoms with Crippen molar-refractivity contribution >= 4 is 5.97 Å². The van der Waals surface area contributed by atoms with Crippen molar-refractivity contribution in [1.82, 2.24) is 0 Å². The third-order valence-electron chi connectivity index (χ3n) is 4.20. The van der Waals surface area contributed by atoms with Gasteiger partial charge in [0.05, 0.1) is 0 Å². The van der Waals surface area contributed by atoms with Crippen LogP contribution in [0.3, 0.4) is 0 Å². The van der Waals surface area contributed by atoms with E-state index in [1.807, 2.05) is 6.08 Å². The minimum atomic E-state index is -0.818. The number of allylic oxidation sites excluding steroid dienone is 4. The van der Waals surface area contributed by atoms with Crippen molar-refractivity contribution < 1.29 is 9.90 Å². The minimum Gasteiger partial charge on any atom is -0.478 e. The summed E-state index contributed by atoms with van der Waals surface area (Å²) in [5.74, 6) is 0.590. The molecule has 98 valence electrons. The molecular formula is C16H22O2. The zero-order valence-corrected chi connectivity index (χ0v) is 11.4. The number of rotatable bonds is 3. The summed E-state index contributed by atoms with van der Waals surface area (Å²) in [6.45, 7) is 10.7. The average molecular weight is 246 g/mol. The van der Waals surface area contributed by atoms with Gasteiger partial charge in [0.15, 0.2) is 0 Å².